The van der Waals surface area contributed by atoms with Crippen LogP contribution in [0.5, 0.6) is 5.75 Å². The number of carbonyl (C=O) groups excluding carboxylic acids is 1. The van der Waals surface area contributed by atoms with Gasteiger partial charge in [-0.1, -0.05) is 12.1 Å². The Kier molecular flexibility index (Phi) is 3.91. The average Bonchev–Trinajstić information content (AvgIpc) is 2.47. The zero-order valence-electron chi connectivity index (χ0n) is 10.6. The Morgan fingerprint density at radius 2 is 2.10 bits per heavy atom. The van der Waals surface area contributed by atoms with E-state index in [1.165, 1.54) is 25.3 Å². The van der Waals surface area contributed by atoms with E-state index in [-0.39, 0.29) is 16.9 Å². The van der Waals surface area contributed by atoms with Gasteiger partial charge in [-0.2, -0.15) is 9.65 Å². The number of aromatic nitrogens is 1. The van der Waals surface area contributed by atoms with Crippen LogP contribution in [-0.4, -0.2) is 18.0 Å². The second-order valence-corrected chi connectivity index (χ2v) is 3.79. The maximum atomic E-state index is 13.0. The number of halogens is 1. The molecule has 0 radical (unpaired) electrons. The van der Waals surface area contributed by atoms with Crippen molar-refractivity contribution in [3.63, 3.8) is 0 Å². The van der Waals surface area contributed by atoms with Crippen molar-refractivity contribution in [1.82, 2.24) is 4.98 Å². The molecule has 0 bridgehead atoms. The van der Waals surface area contributed by atoms with Crippen LogP contribution < -0.4 is 10.1 Å². The fourth-order valence-electron chi connectivity index (χ4n) is 1.64. The molecule has 1 aromatic heterocycles. The van der Waals surface area contributed by atoms with Crippen molar-refractivity contribution in [1.29, 1.82) is 5.26 Å². The van der Waals surface area contributed by atoms with Crippen LogP contribution in [-0.2, 0) is 0 Å². The van der Waals surface area contributed by atoms with Gasteiger partial charge in [0.2, 0.25) is 5.95 Å². The number of benzene rings is 1. The van der Waals surface area contributed by atoms with Gasteiger partial charge in [-0.25, -0.2) is 4.98 Å². The first-order valence-electron chi connectivity index (χ1n) is 5.66. The number of nitriles is 1. The minimum Gasteiger partial charge on any atom is -0.495 e. The van der Waals surface area contributed by atoms with Gasteiger partial charge in [0.05, 0.1) is 12.7 Å². The van der Waals surface area contributed by atoms with Gasteiger partial charge in [-0.05, 0) is 24.3 Å². The highest BCUT2D eigenvalue weighted by atomic mass is 19.1. The Hall–Kier alpha value is -2.94. The molecule has 1 N–H and O–H groups in total. The summed E-state index contributed by atoms with van der Waals surface area (Å²) in [6.07, 6.45) is 0. The van der Waals surface area contributed by atoms with Crippen molar-refractivity contribution in [3.05, 3.63) is 53.6 Å². The minimum absolute atomic E-state index is 0.0835. The molecule has 6 heteroatoms. The van der Waals surface area contributed by atoms with Gasteiger partial charge in [-0.15, -0.1) is 0 Å². The molecule has 0 aliphatic carbocycles. The molecule has 2 aromatic rings. The van der Waals surface area contributed by atoms with Gasteiger partial charge < -0.3 is 10.1 Å². The van der Waals surface area contributed by atoms with E-state index in [1.54, 1.807) is 12.1 Å². The van der Waals surface area contributed by atoms with Crippen LogP contribution in [0.15, 0.2) is 36.4 Å². The van der Waals surface area contributed by atoms with E-state index in [0.29, 0.717) is 5.75 Å². The Balaban J connectivity index is 2.35. The molecular weight excluding hydrogens is 261 g/mol. The molecule has 0 fully saturated rings. The summed E-state index contributed by atoms with van der Waals surface area (Å²) >= 11 is 0. The number of carbonyl (C=O) groups is 1. The summed E-state index contributed by atoms with van der Waals surface area (Å²) in [6, 6.07) is 10.6. The molecule has 1 amide bonds. The molecule has 0 unspecified atom stereocenters. The lowest BCUT2D eigenvalue weighted by atomic mass is 10.1. The fraction of sp³-hybridized carbons (Fsp3) is 0.0714. The molecule has 0 atom stereocenters. The number of hydrogen-bond acceptors (Lipinski definition) is 4. The molecule has 0 aliphatic heterocycles. The van der Waals surface area contributed by atoms with Crippen LogP contribution >= 0.6 is 0 Å². The quantitative estimate of drug-likeness (QED) is 0.869. The Labute approximate surface area is 114 Å². The topological polar surface area (TPSA) is 75.0 Å². The first-order valence-corrected chi connectivity index (χ1v) is 5.66. The van der Waals surface area contributed by atoms with E-state index < -0.39 is 11.9 Å². The second-order valence-electron chi connectivity index (χ2n) is 3.79. The maximum Gasteiger partial charge on any atom is 0.274 e. The van der Waals surface area contributed by atoms with Crippen LogP contribution in [0.4, 0.5) is 10.1 Å². The first-order chi connectivity index (χ1) is 9.65. The first kappa shape index (κ1) is 13.5. The van der Waals surface area contributed by atoms with E-state index in [9.17, 15) is 9.18 Å². The smallest absolute Gasteiger partial charge is 0.274 e. The van der Waals surface area contributed by atoms with Gasteiger partial charge in [0.1, 0.15) is 23.2 Å². The number of pyridine rings is 1. The van der Waals surface area contributed by atoms with Gasteiger partial charge in [0.25, 0.3) is 5.91 Å². The van der Waals surface area contributed by atoms with E-state index in [0.717, 1.165) is 6.07 Å². The average molecular weight is 271 g/mol. The van der Waals surface area contributed by atoms with E-state index >= 15 is 0 Å². The molecule has 0 saturated heterocycles. The minimum atomic E-state index is -0.752. The molecule has 1 heterocycles. The highest BCUT2D eigenvalue weighted by Crippen LogP contribution is 2.28. The standard InChI is InChI=1S/C14H10FN3O2/c1-20-11-6-2-4-9(8-16)13(11)18-14(19)10-5-3-7-12(15)17-10/h2-7H,1H3,(H,18,19). The summed E-state index contributed by atoms with van der Waals surface area (Å²) < 4.78 is 18.1. The predicted octanol–water partition coefficient (Wildman–Crippen LogP) is 2.35. The van der Waals surface area contributed by atoms with Gasteiger partial charge in [-0.3, -0.25) is 4.79 Å². The number of anilines is 1. The lowest BCUT2D eigenvalue weighted by molar-refractivity contribution is 0.102. The Bertz CT molecular complexity index is 695. The summed E-state index contributed by atoms with van der Waals surface area (Å²) in [7, 11) is 1.42. The molecule has 20 heavy (non-hydrogen) atoms. The Morgan fingerprint density at radius 1 is 1.35 bits per heavy atom. The predicted molar refractivity (Wildman–Crippen MR) is 69.9 cm³/mol. The second kappa shape index (κ2) is 5.80. The van der Waals surface area contributed by atoms with Crippen LogP contribution in [0.1, 0.15) is 16.1 Å². The largest absolute Gasteiger partial charge is 0.495 e. The van der Waals surface area contributed by atoms with Crippen molar-refractivity contribution in [3.8, 4) is 11.8 Å². The van der Waals surface area contributed by atoms with Crippen LogP contribution in [0.25, 0.3) is 0 Å². The van der Waals surface area contributed by atoms with Crippen molar-refractivity contribution in [2.24, 2.45) is 0 Å². The van der Waals surface area contributed by atoms with Gasteiger partial charge in [0.15, 0.2) is 0 Å². The highest BCUT2D eigenvalue weighted by Gasteiger charge is 2.14. The van der Waals surface area contributed by atoms with Crippen LogP contribution in [0, 0.1) is 17.3 Å². The summed E-state index contributed by atoms with van der Waals surface area (Å²) in [5.41, 5.74) is 0.391. The highest BCUT2D eigenvalue weighted by molar-refractivity contribution is 6.04. The normalized spacial score (nSPS) is 9.65. The number of nitrogens with zero attached hydrogens (tertiary/aromatic N) is 2. The summed E-state index contributed by atoms with van der Waals surface area (Å²) in [5, 5.41) is 11.5. The number of methoxy groups -OCH3 is 1. The summed E-state index contributed by atoms with van der Waals surface area (Å²) in [4.78, 5) is 15.5. The number of para-hydroxylation sites is 1. The fourth-order valence-corrected chi connectivity index (χ4v) is 1.64. The lowest BCUT2D eigenvalue weighted by Crippen LogP contribution is -2.15. The number of amides is 1. The number of rotatable bonds is 3. The molecule has 1 aromatic carbocycles. The zero-order chi connectivity index (χ0) is 14.5. The molecule has 5 nitrogen and oxygen atoms in total. The van der Waals surface area contributed by atoms with Gasteiger partial charge in [0, 0.05) is 0 Å². The van der Waals surface area contributed by atoms with E-state index in [2.05, 4.69) is 10.3 Å². The molecule has 0 spiro atoms. The molecular formula is C14H10FN3O2. The zero-order valence-corrected chi connectivity index (χ0v) is 10.6. The van der Waals surface area contributed by atoms with Crippen molar-refractivity contribution < 1.29 is 13.9 Å². The summed E-state index contributed by atoms with van der Waals surface area (Å²) in [6.45, 7) is 0. The monoisotopic (exact) mass is 271 g/mol. The molecule has 100 valence electrons. The van der Waals surface area contributed by atoms with E-state index in [1.807, 2.05) is 6.07 Å². The lowest BCUT2D eigenvalue weighted by Gasteiger charge is -2.11. The third kappa shape index (κ3) is 2.72. The number of hydrogen-bond donors (Lipinski definition) is 1. The molecule has 0 aliphatic rings. The summed E-state index contributed by atoms with van der Waals surface area (Å²) in [5.74, 6) is -1.03. The molecule has 0 saturated carbocycles. The van der Waals surface area contributed by atoms with Crippen molar-refractivity contribution >= 4 is 11.6 Å². The third-order valence-corrected chi connectivity index (χ3v) is 2.55. The van der Waals surface area contributed by atoms with E-state index in [4.69, 9.17) is 10.00 Å². The van der Waals surface area contributed by atoms with Crippen molar-refractivity contribution in [2.75, 3.05) is 12.4 Å². The number of nitrogens with one attached hydrogen (secondary N) is 1. The SMILES string of the molecule is COc1cccc(C#N)c1NC(=O)c1cccc(F)n1. The van der Waals surface area contributed by atoms with Crippen LogP contribution in [0.3, 0.4) is 0 Å². The van der Waals surface area contributed by atoms with Gasteiger partial charge >= 0.3 is 0 Å². The van der Waals surface area contributed by atoms with Crippen LogP contribution in [0.2, 0.25) is 0 Å². The Morgan fingerprint density at radius 3 is 2.75 bits per heavy atom. The third-order valence-electron chi connectivity index (χ3n) is 2.55. The van der Waals surface area contributed by atoms with Crippen molar-refractivity contribution in [2.45, 2.75) is 0 Å². The number of ether oxygens (including phenoxy) is 1. The molecule has 2 rings (SSSR count). The maximum absolute atomic E-state index is 13.0.